The second kappa shape index (κ2) is 6.17. The van der Waals surface area contributed by atoms with Crippen molar-refractivity contribution in [1.82, 2.24) is 20.1 Å². The van der Waals surface area contributed by atoms with Crippen molar-refractivity contribution in [1.29, 1.82) is 0 Å². The van der Waals surface area contributed by atoms with E-state index in [1.54, 1.807) is 23.7 Å². The zero-order chi connectivity index (χ0) is 15.6. The summed E-state index contributed by atoms with van der Waals surface area (Å²) in [5.41, 5.74) is 0.0138. The molecule has 0 saturated heterocycles. The Hall–Kier alpha value is -2.02. The number of hydrogen-bond acceptors (Lipinski definition) is 3. The number of H-pyrrole nitrogens is 1. The van der Waals surface area contributed by atoms with Crippen LogP contribution in [0.5, 0.6) is 0 Å². The molecule has 0 bridgehead atoms. The standard InChI is InChI=1S/C14H17FN4OS/c1-8(2)11(12-17-18-14(21)19(12)3)16-13(20)9-6-4-5-7-10(9)15/h4-8,11H,1-3H3,(H,16,20)(H,18,21)/t11-/m0/s1. The molecule has 0 spiro atoms. The van der Waals surface area contributed by atoms with Gasteiger partial charge in [0.05, 0.1) is 11.6 Å². The van der Waals surface area contributed by atoms with E-state index in [1.165, 1.54) is 12.1 Å². The highest BCUT2D eigenvalue weighted by molar-refractivity contribution is 7.71. The lowest BCUT2D eigenvalue weighted by molar-refractivity contribution is 0.0918. The molecule has 1 atom stereocenters. The maximum absolute atomic E-state index is 13.7. The largest absolute Gasteiger partial charge is 0.342 e. The molecule has 0 unspecified atom stereocenters. The number of rotatable bonds is 4. The molecule has 0 fully saturated rings. The third kappa shape index (κ3) is 3.18. The van der Waals surface area contributed by atoms with Gasteiger partial charge in [-0.2, -0.15) is 5.10 Å². The molecule has 1 aromatic heterocycles. The van der Waals surface area contributed by atoms with Crippen LogP contribution in [0.1, 0.15) is 36.1 Å². The van der Waals surface area contributed by atoms with Crippen LogP contribution in [0.25, 0.3) is 0 Å². The Morgan fingerprint density at radius 3 is 2.62 bits per heavy atom. The fourth-order valence-corrected chi connectivity index (χ4v) is 2.17. The number of aromatic amines is 1. The average molecular weight is 308 g/mol. The molecular weight excluding hydrogens is 291 g/mol. The normalized spacial score (nSPS) is 12.4. The Morgan fingerprint density at radius 2 is 2.10 bits per heavy atom. The fraction of sp³-hybridized carbons (Fsp3) is 0.357. The van der Waals surface area contributed by atoms with Gasteiger partial charge < -0.3 is 9.88 Å². The Balaban J connectivity index is 2.30. The molecule has 21 heavy (non-hydrogen) atoms. The molecule has 2 N–H and O–H groups in total. The van der Waals surface area contributed by atoms with Crippen LogP contribution in [-0.4, -0.2) is 20.7 Å². The van der Waals surface area contributed by atoms with Crippen molar-refractivity contribution in [3.8, 4) is 0 Å². The summed E-state index contributed by atoms with van der Waals surface area (Å²) in [5.74, 6) is -0.335. The number of nitrogens with zero attached hydrogens (tertiary/aromatic N) is 2. The molecule has 2 aromatic rings. The van der Waals surface area contributed by atoms with Gasteiger partial charge in [0.1, 0.15) is 5.82 Å². The van der Waals surface area contributed by atoms with Gasteiger partial charge in [0.2, 0.25) is 0 Å². The maximum atomic E-state index is 13.7. The van der Waals surface area contributed by atoms with Gasteiger partial charge in [-0.3, -0.25) is 9.89 Å². The van der Waals surface area contributed by atoms with Crippen LogP contribution in [0.2, 0.25) is 0 Å². The van der Waals surface area contributed by atoms with Crippen molar-refractivity contribution >= 4 is 18.1 Å². The van der Waals surface area contributed by atoms with Gasteiger partial charge in [0.15, 0.2) is 10.6 Å². The number of amides is 1. The topological polar surface area (TPSA) is 62.7 Å². The molecule has 1 aromatic carbocycles. The van der Waals surface area contributed by atoms with Crippen LogP contribution in [0.15, 0.2) is 24.3 Å². The summed E-state index contributed by atoms with van der Waals surface area (Å²) in [6.45, 7) is 3.90. The van der Waals surface area contributed by atoms with Gasteiger partial charge in [-0.1, -0.05) is 26.0 Å². The van der Waals surface area contributed by atoms with Crippen LogP contribution < -0.4 is 5.32 Å². The first-order valence-corrected chi connectivity index (χ1v) is 6.99. The second-order valence-corrected chi connectivity index (χ2v) is 5.51. The zero-order valence-electron chi connectivity index (χ0n) is 12.1. The van der Waals surface area contributed by atoms with Crippen molar-refractivity contribution in [2.75, 3.05) is 0 Å². The molecule has 112 valence electrons. The number of carbonyl (C=O) groups is 1. The molecule has 1 amide bonds. The van der Waals surface area contributed by atoms with Gasteiger partial charge in [-0.05, 0) is 30.3 Å². The fourth-order valence-electron chi connectivity index (χ4n) is 2.03. The van der Waals surface area contributed by atoms with Gasteiger partial charge in [-0.25, -0.2) is 4.39 Å². The third-order valence-corrected chi connectivity index (χ3v) is 3.63. The van der Waals surface area contributed by atoms with E-state index in [-0.39, 0.29) is 17.5 Å². The highest BCUT2D eigenvalue weighted by Crippen LogP contribution is 2.20. The van der Waals surface area contributed by atoms with Crippen molar-refractivity contribution in [2.24, 2.45) is 13.0 Å². The number of carbonyl (C=O) groups excluding carboxylic acids is 1. The molecule has 0 aliphatic carbocycles. The van der Waals surface area contributed by atoms with Crippen LogP contribution in [0.4, 0.5) is 4.39 Å². The molecule has 0 aliphatic heterocycles. The van der Waals surface area contributed by atoms with E-state index in [0.29, 0.717) is 10.6 Å². The Kier molecular flexibility index (Phi) is 4.52. The molecule has 0 radical (unpaired) electrons. The number of halogens is 1. The van der Waals surface area contributed by atoms with Crippen molar-refractivity contribution < 1.29 is 9.18 Å². The van der Waals surface area contributed by atoms with Crippen LogP contribution >= 0.6 is 12.2 Å². The van der Waals surface area contributed by atoms with Crippen LogP contribution in [-0.2, 0) is 7.05 Å². The molecular formula is C14H17FN4OS. The van der Waals surface area contributed by atoms with E-state index in [9.17, 15) is 9.18 Å². The highest BCUT2D eigenvalue weighted by Gasteiger charge is 2.24. The minimum Gasteiger partial charge on any atom is -0.342 e. The first-order valence-electron chi connectivity index (χ1n) is 6.58. The average Bonchev–Trinajstić information content (AvgIpc) is 2.76. The number of nitrogens with one attached hydrogen (secondary N) is 2. The van der Waals surface area contributed by atoms with Gasteiger partial charge in [0.25, 0.3) is 5.91 Å². The molecule has 5 nitrogen and oxygen atoms in total. The minimum absolute atomic E-state index is 0.0138. The van der Waals surface area contributed by atoms with Crippen molar-refractivity contribution in [3.63, 3.8) is 0 Å². The quantitative estimate of drug-likeness (QED) is 0.854. The summed E-state index contributed by atoms with van der Waals surface area (Å²) in [5, 5.41) is 9.65. The van der Waals surface area contributed by atoms with E-state index in [1.807, 2.05) is 13.8 Å². The zero-order valence-corrected chi connectivity index (χ0v) is 12.9. The monoisotopic (exact) mass is 308 g/mol. The lowest BCUT2D eigenvalue weighted by Gasteiger charge is -2.21. The predicted molar refractivity (Wildman–Crippen MR) is 79.8 cm³/mol. The SMILES string of the molecule is CC(C)[C@H](NC(=O)c1ccccc1F)c1n[nH]c(=S)n1C. The Labute approximate surface area is 127 Å². The Bertz CT molecular complexity index is 707. The lowest BCUT2D eigenvalue weighted by atomic mass is 10.0. The van der Waals surface area contributed by atoms with E-state index >= 15 is 0 Å². The molecule has 1 heterocycles. The van der Waals surface area contributed by atoms with Crippen LogP contribution in [0.3, 0.4) is 0 Å². The summed E-state index contributed by atoms with van der Waals surface area (Å²) in [4.78, 5) is 12.2. The maximum Gasteiger partial charge on any atom is 0.254 e. The molecule has 0 saturated carbocycles. The van der Waals surface area contributed by atoms with E-state index < -0.39 is 11.7 Å². The van der Waals surface area contributed by atoms with Gasteiger partial charge in [-0.15, -0.1) is 0 Å². The molecule has 7 heteroatoms. The minimum atomic E-state index is -0.548. The molecule has 0 aliphatic rings. The highest BCUT2D eigenvalue weighted by atomic mass is 32.1. The molecule has 2 rings (SSSR count). The predicted octanol–water partition coefficient (Wildman–Crippen LogP) is 2.74. The second-order valence-electron chi connectivity index (χ2n) is 5.12. The number of hydrogen-bond donors (Lipinski definition) is 2. The van der Waals surface area contributed by atoms with E-state index in [0.717, 1.165) is 0 Å². The smallest absolute Gasteiger partial charge is 0.254 e. The summed E-state index contributed by atoms with van der Waals surface area (Å²) < 4.78 is 15.8. The lowest BCUT2D eigenvalue weighted by Crippen LogP contribution is -2.34. The number of aromatic nitrogens is 3. The third-order valence-electron chi connectivity index (χ3n) is 3.26. The summed E-state index contributed by atoms with van der Waals surface area (Å²) in [6, 6.07) is 5.51. The Morgan fingerprint density at radius 1 is 1.43 bits per heavy atom. The first-order chi connectivity index (χ1) is 9.91. The van der Waals surface area contributed by atoms with E-state index in [2.05, 4.69) is 15.5 Å². The van der Waals surface area contributed by atoms with Crippen LogP contribution in [0, 0.1) is 16.5 Å². The summed E-state index contributed by atoms with van der Waals surface area (Å²) in [7, 11) is 1.77. The first kappa shape index (κ1) is 15.4. The van der Waals surface area contributed by atoms with E-state index in [4.69, 9.17) is 12.2 Å². The van der Waals surface area contributed by atoms with Crippen molar-refractivity contribution in [3.05, 3.63) is 46.2 Å². The van der Waals surface area contributed by atoms with Crippen molar-refractivity contribution in [2.45, 2.75) is 19.9 Å². The van der Waals surface area contributed by atoms with Gasteiger partial charge >= 0.3 is 0 Å². The number of benzene rings is 1. The summed E-state index contributed by atoms with van der Waals surface area (Å²) >= 11 is 5.08. The summed E-state index contributed by atoms with van der Waals surface area (Å²) in [6.07, 6.45) is 0. The van der Waals surface area contributed by atoms with Gasteiger partial charge in [0, 0.05) is 7.05 Å².